The predicted octanol–water partition coefficient (Wildman–Crippen LogP) is 2.54. The Bertz CT molecular complexity index is 965. The molecule has 1 aliphatic rings. The molecule has 1 aliphatic heterocycles. The van der Waals surface area contributed by atoms with E-state index >= 15 is 0 Å². The minimum Gasteiger partial charge on any atom is -0.362 e. The number of piperazine rings is 1. The third-order valence-corrected chi connectivity index (χ3v) is 5.11. The molecule has 31 heavy (non-hydrogen) atoms. The predicted molar refractivity (Wildman–Crippen MR) is 114 cm³/mol. The first-order valence-corrected chi connectivity index (χ1v) is 9.94. The maximum absolute atomic E-state index is 12.9. The summed E-state index contributed by atoms with van der Waals surface area (Å²) in [5, 5.41) is 16.7. The highest BCUT2D eigenvalue weighted by molar-refractivity contribution is 6.30. The van der Waals surface area contributed by atoms with E-state index in [4.69, 9.17) is 11.6 Å². The van der Waals surface area contributed by atoms with Crippen molar-refractivity contribution in [2.24, 2.45) is 0 Å². The van der Waals surface area contributed by atoms with Crippen molar-refractivity contribution in [1.82, 2.24) is 15.5 Å². The first-order valence-electron chi connectivity index (χ1n) is 9.56. The van der Waals surface area contributed by atoms with Crippen LogP contribution >= 0.6 is 11.6 Å². The van der Waals surface area contributed by atoms with Gasteiger partial charge in [0.15, 0.2) is 0 Å². The van der Waals surface area contributed by atoms with Crippen molar-refractivity contribution < 1.29 is 18.9 Å². The molecule has 11 heteroatoms. The Kier molecular flexibility index (Phi) is 7.24. The summed E-state index contributed by atoms with van der Waals surface area (Å²) < 4.78 is 12.9. The molecule has 1 fully saturated rings. The lowest BCUT2D eigenvalue weighted by Gasteiger charge is -2.35. The molecule has 2 aromatic rings. The number of nitrogens with zero attached hydrogens (tertiary/aromatic N) is 3. The number of nitro benzene ring substituents is 1. The second-order valence-electron chi connectivity index (χ2n) is 6.92. The lowest BCUT2D eigenvalue weighted by molar-refractivity contribution is -0.384. The molecule has 164 valence electrons. The van der Waals surface area contributed by atoms with Crippen LogP contribution in [0.4, 0.5) is 20.6 Å². The van der Waals surface area contributed by atoms with Crippen LogP contribution in [-0.4, -0.2) is 54.5 Å². The van der Waals surface area contributed by atoms with Gasteiger partial charge in [0.25, 0.3) is 5.69 Å². The number of nitrogens with one attached hydrogen (secondary N) is 2. The molecule has 2 N–H and O–H groups in total. The number of carbonyl (C=O) groups is 2. The molecule has 0 atom stereocenters. The van der Waals surface area contributed by atoms with Crippen LogP contribution in [0.3, 0.4) is 0 Å². The number of hydrogen-bond donors (Lipinski definition) is 2. The number of urea groups is 1. The van der Waals surface area contributed by atoms with Crippen LogP contribution in [0.1, 0.15) is 5.56 Å². The fourth-order valence-electron chi connectivity index (χ4n) is 3.22. The third-order valence-electron chi connectivity index (χ3n) is 4.87. The van der Waals surface area contributed by atoms with Gasteiger partial charge in [-0.2, -0.15) is 0 Å². The average Bonchev–Trinajstić information content (AvgIpc) is 2.77. The Morgan fingerprint density at radius 2 is 1.74 bits per heavy atom. The molecule has 2 aromatic carbocycles. The quantitative estimate of drug-likeness (QED) is 0.520. The van der Waals surface area contributed by atoms with Gasteiger partial charge in [-0.25, -0.2) is 9.18 Å². The normalized spacial score (nSPS) is 13.6. The van der Waals surface area contributed by atoms with Crippen LogP contribution in [0.5, 0.6) is 0 Å². The van der Waals surface area contributed by atoms with Crippen molar-refractivity contribution >= 4 is 34.9 Å². The molecule has 0 aliphatic carbocycles. The second kappa shape index (κ2) is 10.1. The van der Waals surface area contributed by atoms with Gasteiger partial charge in [0.05, 0.1) is 11.5 Å². The molecule has 0 radical (unpaired) electrons. The first-order chi connectivity index (χ1) is 14.8. The van der Waals surface area contributed by atoms with Crippen molar-refractivity contribution in [3.63, 3.8) is 0 Å². The zero-order valence-electron chi connectivity index (χ0n) is 16.5. The van der Waals surface area contributed by atoms with Gasteiger partial charge >= 0.3 is 6.03 Å². The minimum atomic E-state index is -0.506. The van der Waals surface area contributed by atoms with Crippen LogP contribution in [0.15, 0.2) is 42.5 Å². The van der Waals surface area contributed by atoms with Crippen LogP contribution < -0.4 is 15.5 Å². The Balaban J connectivity index is 1.44. The largest absolute Gasteiger partial charge is 0.362 e. The third kappa shape index (κ3) is 6.05. The highest BCUT2D eigenvalue weighted by atomic mass is 35.5. The van der Waals surface area contributed by atoms with Gasteiger partial charge in [-0.3, -0.25) is 14.9 Å². The average molecular weight is 450 g/mol. The molecule has 3 rings (SSSR count). The SMILES string of the molecule is O=C(NCC(=O)N1CCN(c2ccc(Cl)cc2[N+](=O)[O-])CC1)NCc1ccc(F)cc1. The van der Waals surface area contributed by atoms with Gasteiger partial charge in [-0.15, -0.1) is 0 Å². The van der Waals surface area contributed by atoms with Crippen molar-refractivity contribution in [3.05, 3.63) is 69.0 Å². The number of amides is 3. The van der Waals surface area contributed by atoms with Crippen molar-refractivity contribution in [1.29, 1.82) is 0 Å². The molecule has 0 unspecified atom stereocenters. The zero-order valence-corrected chi connectivity index (χ0v) is 17.3. The van der Waals surface area contributed by atoms with E-state index in [9.17, 15) is 24.1 Å². The van der Waals surface area contributed by atoms with Crippen LogP contribution in [0.2, 0.25) is 5.02 Å². The van der Waals surface area contributed by atoms with Crippen molar-refractivity contribution in [2.75, 3.05) is 37.6 Å². The number of nitro groups is 1. The van der Waals surface area contributed by atoms with E-state index in [0.29, 0.717) is 31.9 Å². The summed E-state index contributed by atoms with van der Waals surface area (Å²) in [7, 11) is 0. The van der Waals surface area contributed by atoms with E-state index in [1.54, 1.807) is 29.2 Å². The van der Waals surface area contributed by atoms with E-state index in [0.717, 1.165) is 5.56 Å². The molecule has 1 saturated heterocycles. The molecule has 0 spiro atoms. The summed E-state index contributed by atoms with van der Waals surface area (Å²) in [6.07, 6.45) is 0. The molecule has 0 saturated carbocycles. The summed E-state index contributed by atoms with van der Waals surface area (Å²) in [6.45, 7) is 1.63. The summed E-state index contributed by atoms with van der Waals surface area (Å²) in [6, 6.07) is 9.72. The van der Waals surface area contributed by atoms with Gasteiger partial charge in [0.2, 0.25) is 5.91 Å². The zero-order chi connectivity index (χ0) is 22.4. The van der Waals surface area contributed by atoms with E-state index < -0.39 is 11.0 Å². The molecule has 9 nitrogen and oxygen atoms in total. The number of rotatable bonds is 6. The number of halogens is 2. The fraction of sp³-hybridized carbons (Fsp3) is 0.300. The van der Waals surface area contributed by atoms with Crippen molar-refractivity contribution in [2.45, 2.75) is 6.54 Å². The Morgan fingerprint density at radius 1 is 1.06 bits per heavy atom. The van der Waals surface area contributed by atoms with Gasteiger partial charge in [0, 0.05) is 43.8 Å². The molecular formula is C20H21ClFN5O4. The van der Waals surface area contributed by atoms with E-state index in [1.165, 1.54) is 18.2 Å². The summed E-state index contributed by atoms with van der Waals surface area (Å²) >= 11 is 5.86. The molecule has 0 aromatic heterocycles. The Morgan fingerprint density at radius 3 is 2.39 bits per heavy atom. The maximum Gasteiger partial charge on any atom is 0.315 e. The van der Waals surface area contributed by atoms with E-state index in [-0.39, 0.29) is 35.5 Å². The highest BCUT2D eigenvalue weighted by Crippen LogP contribution is 2.31. The fourth-order valence-corrected chi connectivity index (χ4v) is 3.39. The minimum absolute atomic E-state index is 0.0771. The number of anilines is 1. The van der Waals surface area contributed by atoms with Gasteiger partial charge in [-0.05, 0) is 29.8 Å². The molecular weight excluding hydrogens is 429 g/mol. The monoisotopic (exact) mass is 449 g/mol. The molecule has 1 heterocycles. The van der Waals surface area contributed by atoms with E-state index in [2.05, 4.69) is 10.6 Å². The Labute approximate surface area is 182 Å². The second-order valence-corrected chi connectivity index (χ2v) is 7.36. The van der Waals surface area contributed by atoms with E-state index in [1.807, 2.05) is 4.90 Å². The molecule has 0 bridgehead atoms. The van der Waals surface area contributed by atoms with Crippen molar-refractivity contribution in [3.8, 4) is 0 Å². The Hall–Kier alpha value is -3.40. The summed E-state index contributed by atoms with van der Waals surface area (Å²) in [4.78, 5) is 38.5. The maximum atomic E-state index is 12.9. The first kappa shape index (κ1) is 22.3. The topological polar surface area (TPSA) is 108 Å². The van der Waals surface area contributed by atoms with Gasteiger partial charge < -0.3 is 20.4 Å². The van der Waals surface area contributed by atoms with Crippen LogP contribution in [0, 0.1) is 15.9 Å². The van der Waals surface area contributed by atoms with Crippen LogP contribution in [-0.2, 0) is 11.3 Å². The number of benzene rings is 2. The molecule has 3 amide bonds. The lowest BCUT2D eigenvalue weighted by atomic mass is 10.2. The summed E-state index contributed by atoms with van der Waals surface area (Å²) in [5.41, 5.74) is 1.11. The van der Waals surface area contributed by atoms with Crippen LogP contribution in [0.25, 0.3) is 0 Å². The van der Waals surface area contributed by atoms with Gasteiger partial charge in [0.1, 0.15) is 11.5 Å². The smallest absolute Gasteiger partial charge is 0.315 e. The lowest BCUT2D eigenvalue weighted by Crippen LogP contribution is -2.52. The standard InChI is InChI=1S/C20H21ClFN5O4/c21-15-3-6-17(18(11-15)27(30)31)25-7-9-26(10-8-25)19(28)13-24-20(29)23-12-14-1-4-16(22)5-2-14/h1-6,11H,7-10,12-13H2,(H2,23,24,29). The highest BCUT2D eigenvalue weighted by Gasteiger charge is 2.26. The summed E-state index contributed by atoms with van der Waals surface area (Å²) in [5.74, 6) is -0.605. The number of carbonyl (C=O) groups excluding carboxylic acids is 2. The number of hydrogen-bond acceptors (Lipinski definition) is 5. The van der Waals surface area contributed by atoms with Gasteiger partial charge in [-0.1, -0.05) is 23.7 Å².